The quantitative estimate of drug-likeness (QED) is 0.625. The van der Waals surface area contributed by atoms with E-state index < -0.39 is 15.5 Å². The smallest absolute Gasteiger partial charge is 0.219 e. The normalized spacial score (nSPS) is 49.5. The molecule has 0 aromatic carbocycles. The maximum Gasteiger partial charge on any atom is 0.219 e. The van der Waals surface area contributed by atoms with E-state index in [-0.39, 0.29) is 11.8 Å². The van der Waals surface area contributed by atoms with Crippen molar-refractivity contribution in [3.8, 4) is 0 Å². The zero-order valence-corrected chi connectivity index (χ0v) is 12.7. The van der Waals surface area contributed by atoms with Crippen LogP contribution in [-0.2, 0) is 9.47 Å². The fraction of sp³-hybridized carbons (Fsp3) is 0.538. The van der Waals surface area contributed by atoms with Gasteiger partial charge in [0.2, 0.25) is 5.79 Å². The first kappa shape index (κ1) is 13.0. The molecular weight excluding hydrogens is 330 g/mol. The molecule has 4 atom stereocenters. The highest BCUT2D eigenvalue weighted by molar-refractivity contribution is 6.52. The van der Waals surface area contributed by atoms with Crippen molar-refractivity contribution in [3.05, 3.63) is 34.4 Å². The lowest BCUT2D eigenvalue weighted by Crippen LogP contribution is -2.55. The second kappa shape index (κ2) is 3.73. The highest BCUT2D eigenvalue weighted by atomic mass is 35.5. The number of allylic oxidation sites excluding steroid dienone is 4. The number of hydrogen-bond donors (Lipinski definition) is 0. The average molecular weight is 340 g/mol. The molecule has 1 heterocycles. The topological polar surface area (TPSA) is 18.5 Å². The molecule has 19 heavy (non-hydrogen) atoms. The van der Waals surface area contributed by atoms with Crippen LogP contribution < -0.4 is 0 Å². The van der Waals surface area contributed by atoms with E-state index in [0.29, 0.717) is 23.3 Å². The number of fused-ring (bicyclic) bond motifs is 3. The minimum Gasteiger partial charge on any atom is -0.344 e. The molecule has 0 aromatic heterocycles. The van der Waals surface area contributed by atoms with Gasteiger partial charge in [-0.3, -0.25) is 0 Å². The first-order valence-electron chi connectivity index (χ1n) is 6.07. The van der Waals surface area contributed by atoms with Gasteiger partial charge in [-0.05, 0) is 0 Å². The van der Waals surface area contributed by atoms with Gasteiger partial charge in [-0.2, -0.15) is 0 Å². The summed E-state index contributed by atoms with van der Waals surface area (Å²) in [7, 11) is 0. The van der Waals surface area contributed by atoms with Gasteiger partial charge in [0.05, 0.1) is 23.3 Å². The number of rotatable bonds is 0. The summed E-state index contributed by atoms with van der Waals surface area (Å²) in [5.41, 5.74) is 0. The second-order valence-electron chi connectivity index (χ2n) is 5.19. The predicted octanol–water partition coefficient (Wildman–Crippen LogP) is 3.76. The van der Waals surface area contributed by atoms with Crippen molar-refractivity contribution in [3.63, 3.8) is 0 Å². The van der Waals surface area contributed by atoms with Crippen LogP contribution in [0.4, 0.5) is 0 Å². The summed E-state index contributed by atoms with van der Waals surface area (Å²) in [6, 6.07) is 0. The van der Waals surface area contributed by atoms with Gasteiger partial charge in [-0.25, -0.2) is 0 Å². The molecule has 1 saturated heterocycles. The van der Waals surface area contributed by atoms with Gasteiger partial charge < -0.3 is 9.47 Å². The number of alkyl halides is 2. The van der Waals surface area contributed by atoms with E-state index in [2.05, 4.69) is 0 Å². The third kappa shape index (κ3) is 1.11. The van der Waals surface area contributed by atoms with Gasteiger partial charge in [0.1, 0.15) is 9.75 Å². The highest BCUT2D eigenvalue weighted by Crippen LogP contribution is 2.75. The molecule has 6 heteroatoms. The Balaban J connectivity index is 2.03. The van der Waals surface area contributed by atoms with Gasteiger partial charge >= 0.3 is 0 Å². The Morgan fingerprint density at radius 3 is 1.74 bits per heavy atom. The molecule has 102 valence electrons. The van der Waals surface area contributed by atoms with E-state index in [1.54, 1.807) is 0 Å². The number of ether oxygens (including phenoxy) is 2. The van der Waals surface area contributed by atoms with Gasteiger partial charge in [-0.1, -0.05) is 47.5 Å². The van der Waals surface area contributed by atoms with Crippen molar-refractivity contribution >= 4 is 46.4 Å². The Morgan fingerprint density at radius 1 is 0.895 bits per heavy atom. The molecule has 0 aromatic rings. The summed E-state index contributed by atoms with van der Waals surface area (Å²) in [6.07, 6.45) is 7.88. The van der Waals surface area contributed by atoms with Gasteiger partial charge in [0.25, 0.3) is 0 Å². The molecule has 2 nitrogen and oxygen atoms in total. The van der Waals surface area contributed by atoms with Crippen LogP contribution in [0.5, 0.6) is 0 Å². The SMILES string of the molecule is ClC1=C(Cl)[C@@]2(Cl)[C@@H]3C=CC=C[C@H]3[C@@]1(Cl)C21OCCO1. The zero-order chi connectivity index (χ0) is 13.5. The molecule has 0 unspecified atom stereocenters. The third-order valence-corrected chi connectivity index (χ3v) is 7.18. The van der Waals surface area contributed by atoms with Gasteiger partial charge in [0, 0.05) is 11.8 Å². The van der Waals surface area contributed by atoms with Crippen molar-refractivity contribution in [1.29, 1.82) is 0 Å². The van der Waals surface area contributed by atoms with Crippen LogP contribution >= 0.6 is 46.4 Å². The van der Waals surface area contributed by atoms with Crippen molar-refractivity contribution in [2.24, 2.45) is 11.8 Å². The monoisotopic (exact) mass is 338 g/mol. The fourth-order valence-electron chi connectivity index (χ4n) is 3.80. The maximum absolute atomic E-state index is 6.87. The Bertz CT molecular complexity index is 507. The van der Waals surface area contributed by atoms with Gasteiger partial charge in [0.15, 0.2) is 0 Å². The number of hydrogen-bond acceptors (Lipinski definition) is 2. The van der Waals surface area contributed by atoms with Crippen molar-refractivity contribution in [2.75, 3.05) is 13.2 Å². The standard InChI is InChI=1S/C13H10Cl4O2/c14-9-10(15)12(17)8-4-2-1-3-7(8)11(9,16)13(12)18-5-6-19-13/h1-4,7-8H,5-6H2/t7-,8-,11+,12+/m1/s1. The summed E-state index contributed by atoms with van der Waals surface area (Å²) in [5.74, 6) is -1.37. The largest absolute Gasteiger partial charge is 0.344 e. The predicted molar refractivity (Wildman–Crippen MR) is 75.8 cm³/mol. The van der Waals surface area contributed by atoms with E-state index >= 15 is 0 Å². The van der Waals surface area contributed by atoms with Gasteiger partial charge in [-0.15, -0.1) is 23.2 Å². The summed E-state index contributed by atoms with van der Waals surface area (Å²) in [6.45, 7) is 0.869. The molecule has 4 rings (SSSR count). The molecule has 1 saturated carbocycles. The molecule has 1 spiro atoms. The van der Waals surface area contributed by atoms with Crippen molar-refractivity contribution in [1.82, 2.24) is 0 Å². The summed E-state index contributed by atoms with van der Waals surface area (Å²) < 4.78 is 11.7. The van der Waals surface area contributed by atoms with Crippen LogP contribution in [-0.4, -0.2) is 28.7 Å². The van der Waals surface area contributed by atoms with E-state index in [0.717, 1.165) is 0 Å². The van der Waals surface area contributed by atoms with Crippen LogP contribution in [0.3, 0.4) is 0 Å². The maximum atomic E-state index is 6.87. The van der Waals surface area contributed by atoms with Crippen LogP contribution in [0.15, 0.2) is 34.4 Å². The van der Waals surface area contributed by atoms with E-state index in [9.17, 15) is 0 Å². The molecule has 1 aliphatic heterocycles. The minimum atomic E-state index is -1.19. The van der Waals surface area contributed by atoms with Crippen LogP contribution in [0, 0.1) is 11.8 Å². The lowest BCUT2D eigenvalue weighted by Gasteiger charge is -2.38. The molecular formula is C13H10Cl4O2. The fourth-order valence-corrected chi connectivity index (χ4v) is 5.87. The molecule has 0 N–H and O–H groups in total. The van der Waals surface area contributed by atoms with Crippen molar-refractivity contribution in [2.45, 2.75) is 15.5 Å². The third-order valence-electron chi connectivity index (χ3n) is 4.54. The Hall–Kier alpha value is 0.300. The Morgan fingerprint density at radius 2 is 1.32 bits per heavy atom. The van der Waals surface area contributed by atoms with Crippen LogP contribution in [0.25, 0.3) is 0 Å². The molecule has 0 radical (unpaired) electrons. The minimum absolute atomic E-state index is 0.0928. The highest BCUT2D eigenvalue weighted by Gasteiger charge is 2.85. The van der Waals surface area contributed by atoms with E-state index in [1.165, 1.54) is 0 Å². The summed E-state index contributed by atoms with van der Waals surface area (Å²) in [4.78, 5) is -2.12. The molecule has 3 aliphatic carbocycles. The average Bonchev–Trinajstić information content (AvgIpc) is 3.02. The van der Waals surface area contributed by atoms with E-state index in [1.807, 2.05) is 24.3 Å². The first-order chi connectivity index (χ1) is 9.00. The van der Waals surface area contributed by atoms with Crippen LogP contribution in [0.1, 0.15) is 0 Å². The Labute approximate surface area is 130 Å². The summed E-state index contributed by atoms with van der Waals surface area (Å²) >= 11 is 26.5. The van der Waals surface area contributed by atoms with Crippen molar-refractivity contribution < 1.29 is 9.47 Å². The lowest BCUT2D eigenvalue weighted by molar-refractivity contribution is -0.171. The van der Waals surface area contributed by atoms with E-state index in [4.69, 9.17) is 55.9 Å². The molecule has 2 fully saturated rings. The van der Waals surface area contributed by atoms with Crippen LogP contribution in [0.2, 0.25) is 0 Å². The summed E-state index contributed by atoms with van der Waals surface area (Å²) in [5, 5.41) is 0.683. The number of halogens is 4. The lowest BCUT2D eigenvalue weighted by atomic mass is 9.79. The second-order valence-corrected chi connectivity index (χ2v) is 7.13. The Kier molecular flexibility index (Phi) is 2.55. The molecule has 0 amide bonds. The molecule has 4 aliphatic rings. The zero-order valence-electron chi connectivity index (χ0n) is 9.71. The first-order valence-corrected chi connectivity index (χ1v) is 7.58. The molecule has 2 bridgehead atoms.